The molecule has 0 spiro atoms. The van der Waals surface area contributed by atoms with Crippen molar-refractivity contribution in [3.05, 3.63) is 70.1 Å². The van der Waals surface area contributed by atoms with E-state index >= 15 is 0 Å². The van der Waals surface area contributed by atoms with Crippen LogP contribution in [-0.2, 0) is 11.3 Å². The molecule has 4 rings (SSSR count). The lowest BCUT2D eigenvalue weighted by Crippen LogP contribution is -2.50. The Labute approximate surface area is 182 Å². The SMILES string of the molecule is CN1CCN(C(=O)Cn2cccc(C(=O)NC3CCCC3)c2=O)[C@@H](c2ccccc2)C1. The number of amides is 2. The number of nitrogens with zero attached hydrogens (tertiary/aromatic N) is 3. The van der Waals surface area contributed by atoms with Gasteiger partial charge >= 0.3 is 0 Å². The highest BCUT2D eigenvalue weighted by molar-refractivity contribution is 5.94. The summed E-state index contributed by atoms with van der Waals surface area (Å²) in [5.41, 5.74) is 0.761. The topological polar surface area (TPSA) is 74.7 Å². The fraction of sp³-hybridized carbons (Fsp3) is 0.458. The minimum atomic E-state index is -0.420. The highest BCUT2D eigenvalue weighted by Gasteiger charge is 2.30. The van der Waals surface area contributed by atoms with Crippen molar-refractivity contribution in [1.29, 1.82) is 0 Å². The molecule has 1 saturated carbocycles. The highest BCUT2D eigenvalue weighted by atomic mass is 16.2. The molecule has 0 bridgehead atoms. The van der Waals surface area contributed by atoms with E-state index in [9.17, 15) is 14.4 Å². The standard InChI is InChI=1S/C24H30N4O3/c1-26-14-15-28(21(16-26)18-8-3-2-4-9-18)22(29)17-27-13-7-12-20(24(27)31)23(30)25-19-10-5-6-11-19/h2-4,7-9,12-13,19,21H,5-6,10-11,14-17H2,1H3,(H,25,30)/t21-/m1/s1. The van der Waals surface area contributed by atoms with E-state index in [1.807, 2.05) is 35.2 Å². The molecule has 164 valence electrons. The number of nitrogens with one attached hydrogen (secondary N) is 1. The second kappa shape index (κ2) is 9.47. The number of carbonyl (C=O) groups is 2. The lowest BCUT2D eigenvalue weighted by molar-refractivity contribution is -0.136. The van der Waals surface area contributed by atoms with Gasteiger partial charge in [-0.15, -0.1) is 0 Å². The summed E-state index contributed by atoms with van der Waals surface area (Å²) in [6.45, 7) is 2.06. The van der Waals surface area contributed by atoms with Gasteiger partial charge in [0.25, 0.3) is 11.5 Å². The summed E-state index contributed by atoms with van der Waals surface area (Å²) in [6, 6.07) is 13.3. The molecule has 1 saturated heterocycles. The van der Waals surface area contributed by atoms with Crippen LogP contribution >= 0.6 is 0 Å². The summed E-state index contributed by atoms with van der Waals surface area (Å²) in [5.74, 6) is -0.460. The van der Waals surface area contributed by atoms with Gasteiger partial charge in [0.2, 0.25) is 5.91 Å². The van der Waals surface area contributed by atoms with E-state index in [0.717, 1.165) is 44.3 Å². The highest BCUT2D eigenvalue weighted by Crippen LogP contribution is 2.25. The van der Waals surface area contributed by atoms with Gasteiger partial charge < -0.3 is 19.7 Å². The molecule has 2 aromatic rings. The van der Waals surface area contributed by atoms with Gasteiger partial charge in [-0.1, -0.05) is 43.2 Å². The molecule has 7 heteroatoms. The van der Waals surface area contributed by atoms with Crippen LogP contribution in [0.25, 0.3) is 0 Å². The molecule has 0 radical (unpaired) electrons. The smallest absolute Gasteiger partial charge is 0.263 e. The van der Waals surface area contributed by atoms with Crippen molar-refractivity contribution in [3.8, 4) is 0 Å². The summed E-state index contributed by atoms with van der Waals surface area (Å²) in [4.78, 5) is 42.8. The lowest BCUT2D eigenvalue weighted by Gasteiger charge is -2.40. The van der Waals surface area contributed by atoms with Crippen molar-refractivity contribution >= 4 is 11.8 Å². The first-order chi connectivity index (χ1) is 15.0. The van der Waals surface area contributed by atoms with E-state index in [4.69, 9.17) is 0 Å². The van der Waals surface area contributed by atoms with Crippen LogP contribution in [-0.4, -0.2) is 58.9 Å². The number of likely N-dealkylation sites (N-methyl/N-ethyl adjacent to an activating group) is 1. The monoisotopic (exact) mass is 422 g/mol. The Balaban J connectivity index is 1.51. The van der Waals surface area contributed by atoms with Crippen LogP contribution in [0.15, 0.2) is 53.5 Å². The van der Waals surface area contributed by atoms with E-state index in [1.54, 1.807) is 12.3 Å². The normalized spacial score (nSPS) is 20.0. The summed E-state index contributed by atoms with van der Waals surface area (Å²) in [5, 5.41) is 2.96. The molecular formula is C24H30N4O3. The molecule has 0 unspecified atom stereocenters. The van der Waals surface area contributed by atoms with E-state index in [0.29, 0.717) is 6.54 Å². The molecule has 1 atom stereocenters. The number of carbonyl (C=O) groups excluding carboxylic acids is 2. The minimum Gasteiger partial charge on any atom is -0.349 e. The van der Waals surface area contributed by atoms with Crippen LogP contribution in [0.5, 0.6) is 0 Å². The van der Waals surface area contributed by atoms with Crippen molar-refractivity contribution in [2.24, 2.45) is 0 Å². The maximum absolute atomic E-state index is 13.2. The Morgan fingerprint density at radius 1 is 1.03 bits per heavy atom. The van der Waals surface area contributed by atoms with Crippen molar-refractivity contribution in [2.75, 3.05) is 26.7 Å². The summed E-state index contributed by atoms with van der Waals surface area (Å²) < 4.78 is 1.35. The zero-order chi connectivity index (χ0) is 21.8. The van der Waals surface area contributed by atoms with Crippen molar-refractivity contribution in [1.82, 2.24) is 19.7 Å². The first kappa shape index (κ1) is 21.3. The average Bonchev–Trinajstić information content (AvgIpc) is 3.28. The predicted octanol–water partition coefficient (Wildman–Crippen LogP) is 2.04. The minimum absolute atomic E-state index is 0.0583. The summed E-state index contributed by atoms with van der Waals surface area (Å²) in [6.07, 6.45) is 5.70. The molecular weight excluding hydrogens is 392 g/mol. The van der Waals surface area contributed by atoms with Gasteiger partial charge in [-0.05, 0) is 37.6 Å². The Bertz CT molecular complexity index is 982. The van der Waals surface area contributed by atoms with Crippen molar-refractivity contribution < 1.29 is 9.59 Å². The number of aromatic nitrogens is 1. The zero-order valence-corrected chi connectivity index (χ0v) is 18.0. The van der Waals surface area contributed by atoms with Crippen LogP contribution in [0.4, 0.5) is 0 Å². The van der Waals surface area contributed by atoms with Crippen molar-refractivity contribution in [2.45, 2.75) is 44.3 Å². The second-order valence-corrected chi connectivity index (χ2v) is 8.59. The fourth-order valence-corrected chi connectivity index (χ4v) is 4.58. The lowest BCUT2D eigenvalue weighted by atomic mass is 10.0. The number of hydrogen-bond acceptors (Lipinski definition) is 4. The Morgan fingerprint density at radius 2 is 1.77 bits per heavy atom. The number of benzene rings is 1. The van der Waals surface area contributed by atoms with Crippen LogP contribution in [0.1, 0.15) is 47.6 Å². The maximum atomic E-state index is 13.2. The van der Waals surface area contributed by atoms with E-state index in [2.05, 4.69) is 17.3 Å². The van der Waals surface area contributed by atoms with E-state index < -0.39 is 5.56 Å². The predicted molar refractivity (Wildman–Crippen MR) is 119 cm³/mol. The largest absolute Gasteiger partial charge is 0.349 e. The first-order valence-corrected chi connectivity index (χ1v) is 11.1. The third-order valence-corrected chi connectivity index (χ3v) is 6.35. The molecule has 7 nitrogen and oxygen atoms in total. The molecule has 2 aliphatic rings. The molecule has 1 aromatic carbocycles. The Hall–Kier alpha value is -2.93. The average molecular weight is 423 g/mol. The molecule has 1 N–H and O–H groups in total. The molecule has 1 aromatic heterocycles. The maximum Gasteiger partial charge on any atom is 0.263 e. The van der Waals surface area contributed by atoms with Gasteiger partial charge in [0, 0.05) is 31.9 Å². The summed E-state index contributed by atoms with van der Waals surface area (Å²) >= 11 is 0. The first-order valence-electron chi connectivity index (χ1n) is 11.1. The van der Waals surface area contributed by atoms with Gasteiger partial charge in [0.15, 0.2) is 0 Å². The second-order valence-electron chi connectivity index (χ2n) is 8.59. The third-order valence-electron chi connectivity index (χ3n) is 6.35. The van der Waals surface area contributed by atoms with Gasteiger partial charge in [-0.3, -0.25) is 14.4 Å². The quantitative estimate of drug-likeness (QED) is 0.800. The molecule has 1 aliphatic heterocycles. The molecule has 1 aliphatic carbocycles. The van der Waals surface area contributed by atoms with Crippen LogP contribution in [0.2, 0.25) is 0 Å². The van der Waals surface area contributed by atoms with E-state index in [-0.39, 0.29) is 36.0 Å². The number of rotatable bonds is 5. The van der Waals surface area contributed by atoms with Gasteiger partial charge in [0.05, 0.1) is 6.04 Å². The molecule has 2 fully saturated rings. The van der Waals surface area contributed by atoms with E-state index in [1.165, 1.54) is 10.6 Å². The van der Waals surface area contributed by atoms with Crippen LogP contribution < -0.4 is 10.9 Å². The number of hydrogen-bond donors (Lipinski definition) is 1. The van der Waals surface area contributed by atoms with Crippen LogP contribution in [0.3, 0.4) is 0 Å². The molecule has 2 amide bonds. The number of pyridine rings is 1. The Kier molecular flexibility index (Phi) is 6.51. The number of piperazine rings is 1. The molecule has 2 heterocycles. The Morgan fingerprint density at radius 3 is 2.52 bits per heavy atom. The zero-order valence-electron chi connectivity index (χ0n) is 18.0. The van der Waals surface area contributed by atoms with Crippen molar-refractivity contribution in [3.63, 3.8) is 0 Å². The summed E-state index contributed by atoms with van der Waals surface area (Å²) in [7, 11) is 2.05. The van der Waals surface area contributed by atoms with Gasteiger partial charge in [-0.2, -0.15) is 0 Å². The molecule has 31 heavy (non-hydrogen) atoms. The third kappa shape index (κ3) is 4.88. The van der Waals surface area contributed by atoms with Gasteiger partial charge in [0.1, 0.15) is 12.1 Å². The van der Waals surface area contributed by atoms with Gasteiger partial charge in [-0.25, -0.2) is 0 Å². The fourth-order valence-electron chi connectivity index (χ4n) is 4.58. The van der Waals surface area contributed by atoms with Crippen LogP contribution in [0, 0.1) is 0 Å².